The molecule has 0 aliphatic carbocycles. The van der Waals surface area contributed by atoms with Gasteiger partial charge in [0.15, 0.2) is 3.92 Å². The van der Waals surface area contributed by atoms with Crippen LogP contribution in [0.4, 0.5) is 13.2 Å². The Morgan fingerprint density at radius 3 is 2.70 bits per heavy atom. The van der Waals surface area contributed by atoms with E-state index in [1.807, 2.05) is 0 Å². The number of carbonyl (C=O) groups is 1. The second-order valence-corrected chi connectivity index (χ2v) is 6.05. The maximum atomic E-state index is 12.7. The number of rotatable bonds is 2. The molecule has 0 unspecified atom stereocenters. The molecule has 0 aliphatic rings. The third-order valence-corrected chi connectivity index (χ3v) is 3.80. The number of hydrogen-bond donors (Lipinski definition) is 0. The number of thiazole rings is 1. The maximum Gasteiger partial charge on any atom is 0.416 e. The van der Waals surface area contributed by atoms with Crippen molar-refractivity contribution in [3.05, 3.63) is 33.7 Å². The van der Waals surface area contributed by atoms with Crippen molar-refractivity contribution in [3.63, 3.8) is 0 Å². The zero-order chi connectivity index (χ0) is 14.9. The van der Waals surface area contributed by atoms with E-state index in [1.54, 1.807) is 0 Å². The van der Waals surface area contributed by atoms with Gasteiger partial charge in [-0.1, -0.05) is 12.1 Å². The third kappa shape index (κ3) is 3.37. The Morgan fingerprint density at radius 1 is 1.40 bits per heavy atom. The summed E-state index contributed by atoms with van der Waals surface area (Å²) in [6.45, 7) is 1.20. The van der Waals surface area contributed by atoms with Crippen molar-refractivity contribution in [2.24, 2.45) is 0 Å². The topological polar surface area (TPSA) is 39.2 Å². The molecule has 0 radical (unpaired) electrons. The summed E-state index contributed by atoms with van der Waals surface area (Å²) < 4.78 is 43.4. The lowest BCUT2D eigenvalue weighted by atomic mass is 10.1. The standard InChI is InChI=1S/C12H7BrF3NO2S/c1-6(18)19-10-9(20-11(13)17-10)7-3-2-4-8(5-7)12(14,15)16/h2-5H,1H3. The second kappa shape index (κ2) is 5.53. The molecule has 2 rings (SSSR count). The number of esters is 1. The van der Waals surface area contributed by atoms with E-state index in [-0.39, 0.29) is 5.88 Å². The smallest absolute Gasteiger partial charge is 0.406 e. The SMILES string of the molecule is CC(=O)Oc1nc(Br)sc1-c1cccc(C(F)(F)F)c1. The molecule has 8 heteroatoms. The molecule has 0 fully saturated rings. The van der Waals surface area contributed by atoms with Crippen molar-refractivity contribution in [2.75, 3.05) is 0 Å². The van der Waals surface area contributed by atoms with Crippen LogP contribution in [0.15, 0.2) is 28.2 Å². The molecular formula is C12H7BrF3NO2S. The molecule has 0 bridgehead atoms. The monoisotopic (exact) mass is 365 g/mol. The highest BCUT2D eigenvalue weighted by Gasteiger charge is 2.31. The summed E-state index contributed by atoms with van der Waals surface area (Å²) in [5.41, 5.74) is -0.479. The van der Waals surface area contributed by atoms with Crippen LogP contribution in [0, 0.1) is 0 Å². The van der Waals surface area contributed by atoms with Crippen LogP contribution < -0.4 is 4.74 Å². The predicted octanol–water partition coefficient (Wildman–Crippen LogP) is 4.52. The first-order chi connectivity index (χ1) is 9.27. The Morgan fingerprint density at radius 2 is 2.10 bits per heavy atom. The number of aromatic nitrogens is 1. The van der Waals surface area contributed by atoms with Crippen molar-refractivity contribution in [3.8, 4) is 16.3 Å². The van der Waals surface area contributed by atoms with Crippen molar-refractivity contribution in [2.45, 2.75) is 13.1 Å². The molecule has 0 aliphatic heterocycles. The molecule has 0 saturated carbocycles. The van der Waals surface area contributed by atoms with Crippen LogP contribution in [-0.2, 0) is 11.0 Å². The van der Waals surface area contributed by atoms with E-state index in [9.17, 15) is 18.0 Å². The van der Waals surface area contributed by atoms with E-state index in [2.05, 4.69) is 20.9 Å². The number of nitrogens with zero attached hydrogens (tertiary/aromatic N) is 1. The van der Waals surface area contributed by atoms with Crippen LogP contribution in [0.5, 0.6) is 5.88 Å². The normalized spacial score (nSPS) is 11.4. The summed E-state index contributed by atoms with van der Waals surface area (Å²) in [5, 5.41) is 0. The molecule has 1 aromatic carbocycles. The number of ether oxygens (including phenoxy) is 1. The van der Waals surface area contributed by atoms with Gasteiger partial charge in [-0.2, -0.15) is 18.2 Å². The van der Waals surface area contributed by atoms with Crippen molar-refractivity contribution >= 4 is 33.2 Å². The van der Waals surface area contributed by atoms with E-state index in [0.29, 0.717) is 14.4 Å². The highest BCUT2D eigenvalue weighted by molar-refractivity contribution is 9.11. The van der Waals surface area contributed by atoms with Gasteiger partial charge in [-0.05, 0) is 33.6 Å². The first kappa shape index (κ1) is 15.0. The summed E-state index contributed by atoms with van der Waals surface area (Å²) in [6, 6.07) is 4.77. The average molecular weight is 366 g/mol. The number of alkyl halides is 3. The first-order valence-electron chi connectivity index (χ1n) is 5.30. The van der Waals surface area contributed by atoms with E-state index < -0.39 is 17.7 Å². The van der Waals surface area contributed by atoms with Crippen LogP contribution in [0.1, 0.15) is 12.5 Å². The summed E-state index contributed by atoms with van der Waals surface area (Å²) >= 11 is 4.21. The van der Waals surface area contributed by atoms with Crippen LogP contribution in [0.2, 0.25) is 0 Å². The van der Waals surface area contributed by atoms with E-state index >= 15 is 0 Å². The molecule has 2 aromatic rings. The van der Waals surface area contributed by atoms with Gasteiger partial charge in [0.05, 0.1) is 10.4 Å². The fraction of sp³-hybridized carbons (Fsp3) is 0.167. The average Bonchev–Trinajstić information content (AvgIpc) is 2.68. The van der Waals surface area contributed by atoms with E-state index in [1.165, 1.54) is 19.1 Å². The highest BCUT2D eigenvalue weighted by atomic mass is 79.9. The van der Waals surface area contributed by atoms with Crippen LogP contribution in [0.3, 0.4) is 0 Å². The largest absolute Gasteiger partial charge is 0.416 e. The minimum atomic E-state index is -4.43. The zero-order valence-corrected chi connectivity index (χ0v) is 12.4. The van der Waals surface area contributed by atoms with Gasteiger partial charge in [-0.25, -0.2) is 0 Å². The van der Waals surface area contributed by atoms with Gasteiger partial charge >= 0.3 is 12.1 Å². The van der Waals surface area contributed by atoms with Gasteiger partial charge in [0.2, 0.25) is 5.88 Å². The molecule has 106 valence electrons. The molecule has 1 heterocycles. The molecule has 0 saturated heterocycles. The van der Waals surface area contributed by atoms with Gasteiger partial charge in [0, 0.05) is 6.92 Å². The van der Waals surface area contributed by atoms with Gasteiger partial charge in [0.1, 0.15) is 0 Å². The third-order valence-electron chi connectivity index (χ3n) is 2.26. The van der Waals surface area contributed by atoms with Crippen molar-refractivity contribution in [1.29, 1.82) is 0 Å². The van der Waals surface area contributed by atoms with Gasteiger partial charge in [-0.3, -0.25) is 4.79 Å². The Balaban J connectivity index is 2.49. The molecule has 0 N–H and O–H groups in total. The Hall–Kier alpha value is -1.41. The highest BCUT2D eigenvalue weighted by Crippen LogP contribution is 2.40. The van der Waals surface area contributed by atoms with Crippen LogP contribution in [0.25, 0.3) is 10.4 Å². The van der Waals surface area contributed by atoms with Gasteiger partial charge < -0.3 is 4.74 Å². The minimum Gasteiger partial charge on any atom is -0.406 e. The number of carbonyl (C=O) groups excluding carboxylic acids is 1. The molecular weight excluding hydrogens is 359 g/mol. The number of benzene rings is 1. The lowest BCUT2D eigenvalue weighted by molar-refractivity contribution is -0.137. The number of halogens is 4. The Kier molecular flexibility index (Phi) is 4.14. The first-order valence-corrected chi connectivity index (χ1v) is 6.90. The molecule has 0 amide bonds. The molecule has 1 aromatic heterocycles. The fourth-order valence-corrected chi connectivity index (χ4v) is 2.87. The lowest BCUT2D eigenvalue weighted by Gasteiger charge is -2.08. The maximum absolute atomic E-state index is 12.7. The predicted molar refractivity (Wildman–Crippen MR) is 71.6 cm³/mol. The zero-order valence-electron chi connectivity index (χ0n) is 9.99. The van der Waals surface area contributed by atoms with Crippen LogP contribution in [-0.4, -0.2) is 11.0 Å². The summed E-state index contributed by atoms with van der Waals surface area (Å²) in [5.74, 6) is -0.593. The Bertz CT molecular complexity index is 654. The Labute approximate surface area is 124 Å². The number of hydrogen-bond acceptors (Lipinski definition) is 4. The van der Waals surface area contributed by atoms with Crippen molar-refractivity contribution < 1.29 is 22.7 Å². The van der Waals surface area contributed by atoms with E-state index in [4.69, 9.17) is 4.74 Å². The van der Waals surface area contributed by atoms with Crippen molar-refractivity contribution in [1.82, 2.24) is 4.98 Å². The molecule has 20 heavy (non-hydrogen) atoms. The lowest BCUT2D eigenvalue weighted by Crippen LogP contribution is -2.05. The molecule has 3 nitrogen and oxygen atoms in total. The van der Waals surface area contributed by atoms with E-state index in [0.717, 1.165) is 23.5 Å². The van der Waals surface area contributed by atoms with Gasteiger partial charge in [0.25, 0.3) is 0 Å². The fourth-order valence-electron chi connectivity index (χ4n) is 1.51. The minimum absolute atomic E-state index is 0.00583. The summed E-state index contributed by atoms with van der Waals surface area (Å²) in [6.07, 6.45) is -4.43. The quantitative estimate of drug-likeness (QED) is 0.734. The molecule has 0 atom stereocenters. The van der Waals surface area contributed by atoms with Gasteiger partial charge in [-0.15, -0.1) is 11.3 Å². The molecule has 0 spiro atoms. The second-order valence-electron chi connectivity index (χ2n) is 3.77. The van der Waals surface area contributed by atoms with Crippen LogP contribution >= 0.6 is 27.3 Å². The summed E-state index contributed by atoms with van der Waals surface area (Å²) in [7, 11) is 0. The summed E-state index contributed by atoms with van der Waals surface area (Å²) in [4.78, 5) is 15.3.